The molecular formula is C11H10N2O2S2. The number of thioether (sulfide) groups is 1. The number of pyridine rings is 1. The van der Waals surface area contributed by atoms with Crippen molar-refractivity contribution in [1.82, 2.24) is 9.97 Å². The van der Waals surface area contributed by atoms with Gasteiger partial charge in [-0.15, -0.1) is 23.1 Å². The molecule has 6 heteroatoms. The van der Waals surface area contributed by atoms with Gasteiger partial charge in [0.25, 0.3) is 0 Å². The van der Waals surface area contributed by atoms with E-state index >= 15 is 0 Å². The summed E-state index contributed by atoms with van der Waals surface area (Å²) < 4.78 is 0. The summed E-state index contributed by atoms with van der Waals surface area (Å²) in [5.74, 6) is -0.0679. The van der Waals surface area contributed by atoms with Crippen LogP contribution in [0.15, 0.2) is 29.8 Å². The summed E-state index contributed by atoms with van der Waals surface area (Å²) >= 11 is 2.87. The van der Waals surface area contributed by atoms with Crippen molar-refractivity contribution in [2.45, 2.75) is 5.75 Å². The van der Waals surface area contributed by atoms with E-state index in [-0.39, 0.29) is 5.75 Å². The van der Waals surface area contributed by atoms with Gasteiger partial charge in [-0.2, -0.15) is 0 Å². The first-order valence-electron chi connectivity index (χ1n) is 4.91. The lowest BCUT2D eigenvalue weighted by molar-refractivity contribution is -0.133. The number of nitrogens with zero attached hydrogens (tertiary/aromatic N) is 2. The third-order valence-corrected chi connectivity index (χ3v) is 3.78. The van der Waals surface area contributed by atoms with E-state index in [1.54, 1.807) is 6.20 Å². The smallest absolute Gasteiger partial charge is 0.313 e. The molecule has 0 aliphatic rings. The molecule has 0 amide bonds. The lowest BCUT2D eigenvalue weighted by Gasteiger charge is -1.94. The second-order valence-corrected chi connectivity index (χ2v) is 5.09. The fraction of sp³-hybridized carbons (Fsp3) is 0.182. The van der Waals surface area contributed by atoms with Crippen LogP contribution >= 0.6 is 23.1 Å². The Morgan fingerprint density at radius 1 is 1.47 bits per heavy atom. The highest BCUT2D eigenvalue weighted by molar-refractivity contribution is 7.99. The van der Waals surface area contributed by atoms with Gasteiger partial charge >= 0.3 is 5.97 Å². The van der Waals surface area contributed by atoms with Crippen LogP contribution in [0, 0.1) is 0 Å². The van der Waals surface area contributed by atoms with Gasteiger partial charge in [-0.3, -0.25) is 9.78 Å². The quantitative estimate of drug-likeness (QED) is 0.901. The molecule has 0 fully saturated rings. The van der Waals surface area contributed by atoms with Gasteiger partial charge in [0.1, 0.15) is 5.01 Å². The number of rotatable bonds is 5. The number of hydrogen-bond acceptors (Lipinski definition) is 5. The SMILES string of the molecule is O=C(O)CSCc1csc(-c2ccccn2)n1. The van der Waals surface area contributed by atoms with Gasteiger partial charge in [-0.25, -0.2) is 4.98 Å². The predicted octanol–water partition coefficient (Wildman–Crippen LogP) is 2.52. The fourth-order valence-electron chi connectivity index (χ4n) is 1.22. The molecule has 0 aromatic carbocycles. The van der Waals surface area contributed by atoms with Crippen LogP contribution < -0.4 is 0 Å². The molecule has 0 bridgehead atoms. The first-order valence-corrected chi connectivity index (χ1v) is 6.94. The van der Waals surface area contributed by atoms with Crippen molar-refractivity contribution in [3.63, 3.8) is 0 Å². The van der Waals surface area contributed by atoms with Crippen LogP contribution in [0.1, 0.15) is 5.69 Å². The van der Waals surface area contributed by atoms with Crippen molar-refractivity contribution in [2.24, 2.45) is 0 Å². The van der Waals surface area contributed by atoms with Crippen LogP contribution in [0.2, 0.25) is 0 Å². The summed E-state index contributed by atoms with van der Waals surface area (Å²) in [5.41, 5.74) is 1.76. The zero-order valence-electron chi connectivity index (χ0n) is 8.87. The minimum Gasteiger partial charge on any atom is -0.481 e. The number of carbonyl (C=O) groups is 1. The molecule has 17 heavy (non-hydrogen) atoms. The molecule has 0 aliphatic carbocycles. The third kappa shape index (κ3) is 3.54. The molecule has 0 aliphatic heterocycles. The van der Waals surface area contributed by atoms with Crippen LogP contribution in [-0.2, 0) is 10.5 Å². The largest absolute Gasteiger partial charge is 0.481 e. The van der Waals surface area contributed by atoms with E-state index in [4.69, 9.17) is 5.11 Å². The van der Waals surface area contributed by atoms with Crippen LogP contribution in [0.5, 0.6) is 0 Å². The molecule has 0 atom stereocenters. The number of carboxylic acids is 1. The lowest BCUT2D eigenvalue weighted by Crippen LogP contribution is -1.98. The van der Waals surface area contributed by atoms with Crippen molar-refractivity contribution < 1.29 is 9.90 Å². The molecule has 0 saturated heterocycles. The minimum atomic E-state index is -0.796. The van der Waals surface area contributed by atoms with Gasteiger partial charge in [-0.1, -0.05) is 6.07 Å². The predicted molar refractivity (Wildman–Crippen MR) is 69.1 cm³/mol. The summed E-state index contributed by atoms with van der Waals surface area (Å²) in [5, 5.41) is 11.3. The van der Waals surface area contributed by atoms with E-state index < -0.39 is 5.97 Å². The van der Waals surface area contributed by atoms with E-state index in [0.717, 1.165) is 16.4 Å². The van der Waals surface area contributed by atoms with Crippen LogP contribution in [0.4, 0.5) is 0 Å². The molecule has 4 nitrogen and oxygen atoms in total. The summed E-state index contributed by atoms with van der Waals surface area (Å²) in [7, 11) is 0. The first-order chi connectivity index (χ1) is 8.25. The van der Waals surface area contributed by atoms with Crippen LogP contribution in [0.3, 0.4) is 0 Å². The molecule has 2 aromatic heterocycles. The van der Waals surface area contributed by atoms with E-state index in [9.17, 15) is 4.79 Å². The molecule has 0 unspecified atom stereocenters. The number of hydrogen-bond donors (Lipinski definition) is 1. The number of aromatic nitrogens is 2. The Balaban J connectivity index is 1.99. The molecule has 0 spiro atoms. The maximum Gasteiger partial charge on any atom is 0.313 e. The summed E-state index contributed by atoms with van der Waals surface area (Å²) in [6, 6.07) is 5.69. The maximum absolute atomic E-state index is 10.4. The van der Waals surface area contributed by atoms with E-state index in [1.165, 1.54) is 23.1 Å². The topological polar surface area (TPSA) is 63.1 Å². The van der Waals surface area contributed by atoms with Crippen molar-refractivity contribution in [2.75, 3.05) is 5.75 Å². The zero-order valence-corrected chi connectivity index (χ0v) is 10.5. The van der Waals surface area contributed by atoms with Gasteiger partial charge in [0, 0.05) is 17.3 Å². The van der Waals surface area contributed by atoms with Gasteiger partial charge in [0.05, 0.1) is 17.1 Å². The molecule has 2 rings (SSSR count). The van der Waals surface area contributed by atoms with E-state index in [1.807, 2.05) is 23.6 Å². The van der Waals surface area contributed by atoms with Crippen molar-refractivity contribution in [3.05, 3.63) is 35.5 Å². The van der Waals surface area contributed by atoms with Crippen molar-refractivity contribution in [3.8, 4) is 10.7 Å². The average molecular weight is 266 g/mol. The Bertz CT molecular complexity index is 499. The lowest BCUT2D eigenvalue weighted by atomic mass is 10.4. The molecule has 2 heterocycles. The first kappa shape index (κ1) is 12.1. The number of aliphatic carboxylic acids is 1. The second kappa shape index (κ2) is 5.79. The Morgan fingerprint density at radius 3 is 3.06 bits per heavy atom. The fourth-order valence-corrected chi connectivity index (χ4v) is 2.76. The molecule has 1 N–H and O–H groups in total. The Kier molecular flexibility index (Phi) is 4.11. The molecular weight excluding hydrogens is 256 g/mol. The summed E-state index contributed by atoms with van der Waals surface area (Å²) in [4.78, 5) is 19.0. The van der Waals surface area contributed by atoms with Gasteiger partial charge in [0.2, 0.25) is 0 Å². The van der Waals surface area contributed by atoms with Gasteiger partial charge in [0.15, 0.2) is 0 Å². The maximum atomic E-state index is 10.4. The van der Waals surface area contributed by atoms with Crippen LogP contribution in [-0.4, -0.2) is 26.8 Å². The van der Waals surface area contributed by atoms with Gasteiger partial charge < -0.3 is 5.11 Å². The number of carboxylic acid groups (broad SMARTS) is 1. The molecule has 88 valence electrons. The third-order valence-electron chi connectivity index (χ3n) is 1.91. The number of thiazole rings is 1. The van der Waals surface area contributed by atoms with Crippen molar-refractivity contribution >= 4 is 29.1 Å². The van der Waals surface area contributed by atoms with Gasteiger partial charge in [-0.05, 0) is 12.1 Å². The Morgan fingerprint density at radius 2 is 2.35 bits per heavy atom. The molecule has 2 aromatic rings. The normalized spacial score (nSPS) is 10.4. The second-order valence-electron chi connectivity index (χ2n) is 3.25. The highest BCUT2D eigenvalue weighted by Gasteiger charge is 2.06. The highest BCUT2D eigenvalue weighted by atomic mass is 32.2. The summed E-state index contributed by atoms with van der Waals surface area (Å²) in [6.07, 6.45) is 1.73. The van der Waals surface area contributed by atoms with E-state index in [0.29, 0.717) is 5.75 Å². The monoisotopic (exact) mass is 266 g/mol. The highest BCUT2D eigenvalue weighted by Crippen LogP contribution is 2.23. The van der Waals surface area contributed by atoms with Crippen LogP contribution in [0.25, 0.3) is 10.7 Å². The molecule has 0 radical (unpaired) electrons. The minimum absolute atomic E-state index is 0.108. The Hall–Kier alpha value is -1.40. The van der Waals surface area contributed by atoms with Crippen molar-refractivity contribution in [1.29, 1.82) is 0 Å². The summed E-state index contributed by atoms with van der Waals surface area (Å²) in [6.45, 7) is 0. The standard InChI is InChI=1S/C11H10N2O2S2/c14-10(15)7-16-5-8-6-17-11(13-8)9-3-1-2-4-12-9/h1-4,6H,5,7H2,(H,14,15). The Labute approximate surface area is 107 Å². The average Bonchev–Trinajstić information content (AvgIpc) is 2.78. The zero-order chi connectivity index (χ0) is 12.1. The van der Waals surface area contributed by atoms with E-state index in [2.05, 4.69) is 9.97 Å². The molecule has 0 saturated carbocycles.